The van der Waals surface area contributed by atoms with Crippen molar-refractivity contribution in [3.8, 4) is 0 Å². The lowest BCUT2D eigenvalue weighted by Crippen LogP contribution is -2.21. The van der Waals surface area contributed by atoms with Crippen LogP contribution in [-0.4, -0.2) is 7.05 Å². The van der Waals surface area contributed by atoms with Gasteiger partial charge in [0.05, 0.1) is 0 Å². The molecule has 258 valence electrons. The molecule has 1 atom stereocenters. The molecule has 2 heteroatoms. The molecule has 1 unspecified atom stereocenters. The first-order chi connectivity index (χ1) is 23.1. The monoisotopic (exact) mass is 652 g/mol. The quantitative estimate of drug-likeness (QED) is 0.187. The zero-order valence-corrected chi connectivity index (χ0v) is 32.4. The third-order valence-corrected chi connectivity index (χ3v) is 9.49. The number of rotatable bonds is 8. The van der Waals surface area contributed by atoms with E-state index >= 15 is 0 Å². The van der Waals surface area contributed by atoms with E-state index in [2.05, 4.69) is 184 Å². The summed E-state index contributed by atoms with van der Waals surface area (Å²) in [5.74, 6) is 1.18. The Labute approximate surface area is 298 Å². The lowest BCUT2D eigenvalue weighted by molar-refractivity contribution is 0.274. The smallest absolute Gasteiger partial charge is 0.0494 e. The Morgan fingerprint density at radius 2 is 1.16 bits per heavy atom. The molecule has 49 heavy (non-hydrogen) atoms. The number of nitrogens with zero attached hydrogens (tertiary/aromatic N) is 2. The average Bonchev–Trinajstić information content (AvgIpc) is 3.22. The highest BCUT2D eigenvalue weighted by molar-refractivity contribution is 5.81. The maximum atomic E-state index is 2.48. The van der Waals surface area contributed by atoms with Crippen molar-refractivity contribution in [3.05, 3.63) is 154 Å². The normalized spacial score (nSPS) is 13.8. The molecular weight excluding hydrogens is 593 g/mol. The third kappa shape index (κ3) is 10.1. The van der Waals surface area contributed by atoms with E-state index in [4.69, 9.17) is 0 Å². The summed E-state index contributed by atoms with van der Waals surface area (Å²) in [4.78, 5) is 4.78. The first-order valence-corrected chi connectivity index (χ1v) is 18.0. The highest BCUT2D eigenvalue weighted by atomic mass is 15.2. The summed E-state index contributed by atoms with van der Waals surface area (Å²) in [7, 11) is 2.22. The van der Waals surface area contributed by atoms with E-state index in [1.807, 2.05) is 18.2 Å². The molecule has 0 N–H and O–H groups in total. The maximum Gasteiger partial charge on any atom is 0.0494 e. The molecular formula is C47H60N2. The van der Waals surface area contributed by atoms with Gasteiger partial charge in [-0.15, -0.1) is 0 Å². The number of anilines is 4. The zero-order chi connectivity index (χ0) is 35.9. The second-order valence-electron chi connectivity index (χ2n) is 15.6. The van der Waals surface area contributed by atoms with E-state index in [0.717, 1.165) is 6.42 Å². The van der Waals surface area contributed by atoms with E-state index in [1.165, 1.54) is 73.8 Å². The van der Waals surface area contributed by atoms with Gasteiger partial charge in [0, 0.05) is 35.5 Å². The molecule has 0 heterocycles. The van der Waals surface area contributed by atoms with Gasteiger partial charge in [-0.3, -0.25) is 0 Å². The van der Waals surface area contributed by atoms with Gasteiger partial charge in [-0.1, -0.05) is 107 Å². The van der Waals surface area contributed by atoms with Crippen molar-refractivity contribution >= 4 is 22.7 Å². The van der Waals surface area contributed by atoms with Crippen LogP contribution < -0.4 is 9.80 Å². The number of aryl methyl sites for hydroxylation is 5. The largest absolute Gasteiger partial charge is 0.345 e. The fraction of sp³-hybridized carbons (Fsp3) is 0.362. The molecule has 0 aliphatic heterocycles. The van der Waals surface area contributed by atoms with Crippen molar-refractivity contribution in [2.45, 2.75) is 89.0 Å². The maximum absolute atomic E-state index is 2.48. The summed E-state index contributed by atoms with van der Waals surface area (Å²) in [6, 6.07) is 32.6. The topological polar surface area (TPSA) is 6.48 Å². The molecule has 0 bridgehead atoms. The summed E-state index contributed by atoms with van der Waals surface area (Å²) in [5, 5.41) is 0. The van der Waals surface area contributed by atoms with Crippen molar-refractivity contribution in [1.29, 1.82) is 0 Å². The van der Waals surface area contributed by atoms with Crippen molar-refractivity contribution in [2.24, 2.45) is 17.3 Å². The molecule has 0 spiro atoms. The molecule has 5 rings (SSSR count). The van der Waals surface area contributed by atoms with Gasteiger partial charge in [0.25, 0.3) is 0 Å². The number of benzene rings is 4. The van der Waals surface area contributed by atoms with Crippen LogP contribution >= 0.6 is 0 Å². The zero-order valence-electron chi connectivity index (χ0n) is 32.4. The number of hydrogen-bond acceptors (Lipinski definition) is 2. The molecule has 4 aromatic rings. The Balaban J connectivity index is 0.000000686. The molecule has 0 aromatic heterocycles. The van der Waals surface area contributed by atoms with Crippen LogP contribution in [0.1, 0.15) is 82.2 Å². The van der Waals surface area contributed by atoms with Crippen LogP contribution in [-0.2, 0) is 0 Å². The molecule has 0 fully saturated rings. The summed E-state index contributed by atoms with van der Waals surface area (Å²) in [6.45, 7) is 25.0. The van der Waals surface area contributed by atoms with Gasteiger partial charge < -0.3 is 9.80 Å². The van der Waals surface area contributed by atoms with Gasteiger partial charge >= 0.3 is 0 Å². The van der Waals surface area contributed by atoms with Gasteiger partial charge in [-0.2, -0.15) is 0 Å². The van der Waals surface area contributed by atoms with E-state index in [0.29, 0.717) is 17.3 Å². The molecule has 1 aliphatic rings. The van der Waals surface area contributed by atoms with Crippen LogP contribution in [0.25, 0.3) is 0 Å². The molecule has 0 saturated carbocycles. The van der Waals surface area contributed by atoms with Crippen LogP contribution in [0.15, 0.2) is 126 Å². The lowest BCUT2D eigenvalue weighted by atomic mass is 9.74. The first kappa shape index (κ1) is 37.5. The molecule has 4 aromatic carbocycles. The molecule has 2 nitrogen and oxygen atoms in total. The highest BCUT2D eigenvalue weighted by Crippen LogP contribution is 2.41. The average molecular weight is 653 g/mol. The predicted octanol–water partition coefficient (Wildman–Crippen LogP) is 13.7. The summed E-state index contributed by atoms with van der Waals surface area (Å²) < 4.78 is 0. The summed E-state index contributed by atoms with van der Waals surface area (Å²) >= 11 is 0. The highest BCUT2D eigenvalue weighted by Gasteiger charge is 2.26. The van der Waals surface area contributed by atoms with Crippen molar-refractivity contribution < 1.29 is 0 Å². The number of allylic oxidation sites excluding steroid dienone is 5. The summed E-state index contributed by atoms with van der Waals surface area (Å²) in [5.41, 5.74) is 15.7. The first-order valence-electron chi connectivity index (χ1n) is 18.0. The lowest BCUT2D eigenvalue weighted by Gasteiger charge is -2.32. The predicted molar refractivity (Wildman–Crippen MR) is 217 cm³/mol. The van der Waals surface area contributed by atoms with Crippen LogP contribution in [0.5, 0.6) is 0 Å². The Bertz CT molecular complexity index is 1750. The fourth-order valence-corrected chi connectivity index (χ4v) is 6.90. The van der Waals surface area contributed by atoms with Gasteiger partial charge in [0.1, 0.15) is 0 Å². The Hall–Kier alpha value is -4.30. The number of likely N-dealkylation sites (N-methyl/N-ethyl adjacent to an activating group) is 1. The van der Waals surface area contributed by atoms with Gasteiger partial charge in [-0.05, 0) is 148 Å². The van der Waals surface area contributed by atoms with Gasteiger partial charge in [-0.25, -0.2) is 0 Å². The molecule has 1 aliphatic carbocycles. The van der Waals surface area contributed by atoms with Crippen molar-refractivity contribution in [3.63, 3.8) is 0 Å². The van der Waals surface area contributed by atoms with Gasteiger partial charge in [0.2, 0.25) is 0 Å². The summed E-state index contributed by atoms with van der Waals surface area (Å²) in [6.07, 6.45) is 9.43. The minimum Gasteiger partial charge on any atom is -0.345 e. The van der Waals surface area contributed by atoms with Crippen molar-refractivity contribution in [2.75, 3.05) is 16.8 Å². The third-order valence-electron chi connectivity index (χ3n) is 9.49. The second kappa shape index (κ2) is 16.4. The Morgan fingerprint density at radius 1 is 0.633 bits per heavy atom. The van der Waals surface area contributed by atoms with E-state index < -0.39 is 0 Å². The minimum absolute atomic E-state index is 0.302. The Morgan fingerprint density at radius 3 is 1.65 bits per heavy atom. The second-order valence-corrected chi connectivity index (χ2v) is 15.6. The minimum atomic E-state index is 0.302. The van der Waals surface area contributed by atoms with E-state index in [9.17, 15) is 0 Å². The van der Waals surface area contributed by atoms with Gasteiger partial charge in [0.15, 0.2) is 0 Å². The molecule has 0 radical (unpaired) electrons. The molecule has 0 saturated heterocycles. The van der Waals surface area contributed by atoms with E-state index in [1.54, 1.807) is 0 Å². The Kier molecular flexibility index (Phi) is 12.6. The fourth-order valence-electron chi connectivity index (χ4n) is 6.90. The standard InChI is InChI=1S/C40H52N2.C7H8/c1-27(2)37(26-40(8,9)10)36-20-14-17-33(23-30(36)5)41(11)38-24-32(7)39(25-31(38)6)42(34-18-12-15-28(3)21-34)35-19-13-16-29(4)22-35;1-7-5-3-2-4-6-7/h12-13,15-25,27,37H,14,26H2,1-11H3;2-6H,1H3. The van der Waals surface area contributed by atoms with Crippen molar-refractivity contribution in [1.82, 2.24) is 0 Å². The van der Waals surface area contributed by atoms with Crippen LogP contribution in [0.4, 0.5) is 22.7 Å². The number of hydrogen-bond donors (Lipinski definition) is 0. The SMILES string of the molecule is CC1=CC(N(C)c2cc(C)c(N(c3cccc(C)c3)c3cccc(C)c3)cc2C)=CCC=C1C(CC(C)(C)C)C(C)C.Cc1ccccc1. The van der Waals surface area contributed by atoms with Crippen LogP contribution in [0.3, 0.4) is 0 Å². The molecule has 0 amide bonds. The van der Waals surface area contributed by atoms with E-state index in [-0.39, 0.29) is 0 Å². The van der Waals surface area contributed by atoms with Crippen LogP contribution in [0.2, 0.25) is 0 Å². The van der Waals surface area contributed by atoms with Crippen LogP contribution in [0, 0.1) is 51.9 Å².